The summed E-state index contributed by atoms with van der Waals surface area (Å²) in [6, 6.07) is 4.39. The van der Waals surface area contributed by atoms with E-state index >= 15 is 0 Å². The number of nitrogens with one attached hydrogen (secondary N) is 1. The van der Waals surface area contributed by atoms with Gasteiger partial charge >= 0.3 is 0 Å². The van der Waals surface area contributed by atoms with Crippen LogP contribution < -0.4 is 15.0 Å². The summed E-state index contributed by atoms with van der Waals surface area (Å²) < 4.78 is 5.49. The topological polar surface area (TPSA) is 63.2 Å². The van der Waals surface area contributed by atoms with Crippen molar-refractivity contribution in [1.82, 2.24) is 15.0 Å². The lowest BCUT2D eigenvalue weighted by Crippen LogP contribution is -2.19. The molecule has 1 N–H and O–H groups in total. The molecule has 0 saturated heterocycles. The van der Waals surface area contributed by atoms with Gasteiger partial charge in [0.05, 0.1) is 18.5 Å². The highest BCUT2D eigenvalue weighted by atomic mass is 16.5. The highest BCUT2D eigenvalue weighted by molar-refractivity contribution is 5.68. The van der Waals surface area contributed by atoms with Gasteiger partial charge in [0.15, 0.2) is 5.82 Å². The van der Waals surface area contributed by atoms with Crippen molar-refractivity contribution in [3.63, 3.8) is 0 Å². The highest BCUT2D eigenvalue weighted by Crippen LogP contribution is 2.30. The van der Waals surface area contributed by atoms with Crippen molar-refractivity contribution in [2.45, 2.75) is 46.6 Å². The number of aromatic nitrogens is 3. The van der Waals surface area contributed by atoms with E-state index in [1.54, 1.807) is 7.11 Å². The Bertz CT molecular complexity index is 726. The minimum absolute atomic E-state index is 0.358. The van der Waals surface area contributed by atoms with E-state index in [1.807, 2.05) is 45.0 Å². The quantitative estimate of drug-likeness (QED) is 0.824. The van der Waals surface area contributed by atoms with E-state index < -0.39 is 0 Å². The Kier molecular flexibility index (Phi) is 6.17. The molecule has 2 rings (SSSR count). The van der Waals surface area contributed by atoms with E-state index in [2.05, 4.69) is 24.1 Å². The lowest BCUT2D eigenvalue weighted by atomic mass is 10.1. The maximum atomic E-state index is 5.49. The molecule has 0 amide bonds. The van der Waals surface area contributed by atoms with E-state index in [-0.39, 0.29) is 0 Å². The molecular formula is C19H29N5O. The van der Waals surface area contributed by atoms with E-state index in [4.69, 9.17) is 14.7 Å². The normalized spacial score (nSPS) is 10.9. The van der Waals surface area contributed by atoms with Gasteiger partial charge in [-0.15, -0.1) is 0 Å². The van der Waals surface area contributed by atoms with Crippen LogP contribution in [0.4, 0.5) is 11.6 Å². The number of aryl methyl sites for hydroxylation is 2. The van der Waals surface area contributed by atoms with Crippen LogP contribution in [-0.4, -0.2) is 42.2 Å². The lowest BCUT2D eigenvalue weighted by Gasteiger charge is -2.19. The molecule has 0 saturated carbocycles. The zero-order valence-electron chi connectivity index (χ0n) is 16.3. The molecule has 0 spiro atoms. The van der Waals surface area contributed by atoms with Gasteiger partial charge in [-0.3, -0.25) is 0 Å². The number of rotatable bonds is 7. The molecule has 0 fully saturated rings. The zero-order chi connectivity index (χ0) is 18.6. The van der Waals surface area contributed by atoms with Crippen molar-refractivity contribution in [1.29, 1.82) is 0 Å². The molecule has 6 nitrogen and oxygen atoms in total. The Balaban J connectivity index is 2.46. The minimum atomic E-state index is 0.358. The Hall–Kier alpha value is -2.37. The van der Waals surface area contributed by atoms with Crippen molar-refractivity contribution in [2.24, 2.45) is 0 Å². The second kappa shape index (κ2) is 8.14. The standard InChI is InChI=1S/C19H29N5O/c1-8-14(9-2)22-18-19(25-7)23-17(13(4)21-18)15-10-11-16(24(5)6)20-12(15)3/h10-11,14H,8-9H2,1-7H3,(H,21,22). The first-order valence-electron chi connectivity index (χ1n) is 8.75. The number of ether oxygens (including phenoxy) is 1. The van der Waals surface area contributed by atoms with Gasteiger partial charge in [0, 0.05) is 31.4 Å². The van der Waals surface area contributed by atoms with Crippen LogP contribution in [0.2, 0.25) is 0 Å². The summed E-state index contributed by atoms with van der Waals surface area (Å²) in [5.41, 5.74) is 3.56. The monoisotopic (exact) mass is 343 g/mol. The van der Waals surface area contributed by atoms with E-state index in [1.165, 1.54) is 0 Å². The van der Waals surface area contributed by atoms with Crippen LogP contribution in [-0.2, 0) is 0 Å². The molecule has 6 heteroatoms. The fraction of sp³-hybridized carbons (Fsp3) is 0.526. The van der Waals surface area contributed by atoms with Gasteiger partial charge in [-0.05, 0) is 38.8 Å². The van der Waals surface area contributed by atoms with Gasteiger partial charge in [0.2, 0.25) is 0 Å². The molecule has 0 bridgehead atoms. The van der Waals surface area contributed by atoms with Gasteiger partial charge in [0.1, 0.15) is 5.82 Å². The van der Waals surface area contributed by atoms with E-state index in [0.29, 0.717) is 17.7 Å². The van der Waals surface area contributed by atoms with Crippen LogP contribution in [0.25, 0.3) is 11.3 Å². The van der Waals surface area contributed by atoms with Crippen LogP contribution in [0.15, 0.2) is 12.1 Å². The Morgan fingerprint density at radius 1 is 1.04 bits per heavy atom. The summed E-state index contributed by atoms with van der Waals surface area (Å²) in [5, 5.41) is 3.44. The first-order valence-corrected chi connectivity index (χ1v) is 8.75. The molecule has 0 atom stereocenters. The summed E-state index contributed by atoms with van der Waals surface area (Å²) in [7, 11) is 5.59. The van der Waals surface area contributed by atoms with Crippen LogP contribution in [0.5, 0.6) is 5.88 Å². The fourth-order valence-electron chi connectivity index (χ4n) is 2.73. The van der Waals surface area contributed by atoms with Gasteiger partial charge in [-0.2, -0.15) is 0 Å². The average molecular weight is 343 g/mol. The first-order chi connectivity index (χ1) is 11.9. The molecule has 2 aromatic rings. The third kappa shape index (κ3) is 4.18. The van der Waals surface area contributed by atoms with Crippen LogP contribution in [0, 0.1) is 13.8 Å². The molecular weight excluding hydrogens is 314 g/mol. The van der Waals surface area contributed by atoms with Crippen molar-refractivity contribution in [2.75, 3.05) is 31.4 Å². The summed E-state index contributed by atoms with van der Waals surface area (Å²) >= 11 is 0. The predicted molar refractivity (Wildman–Crippen MR) is 104 cm³/mol. The second-order valence-electron chi connectivity index (χ2n) is 6.37. The number of hydrogen-bond donors (Lipinski definition) is 1. The number of methoxy groups -OCH3 is 1. The molecule has 0 radical (unpaired) electrons. The number of pyridine rings is 1. The second-order valence-corrected chi connectivity index (χ2v) is 6.37. The maximum Gasteiger partial charge on any atom is 0.257 e. The molecule has 0 aliphatic heterocycles. The fourth-order valence-corrected chi connectivity index (χ4v) is 2.73. The lowest BCUT2D eigenvalue weighted by molar-refractivity contribution is 0.397. The third-order valence-corrected chi connectivity index (χ3v) is 4.34. The Morgan fingerprint density at radius 3 is 2.24 bits per heavy atom. The highest BCUT2D eigenvalue weighted by Gasteiger charge is 2.17. The van der Waals surface area contributed by atoms with E-state index in [9.17, 15) is 0 Å². The molecule has 25 heavy (non-hydrogen) atoms. The predicted octanol–water partition coefficient (Wildman–Crippen LogP) is 3.83. The SMILES string of the molecule is CCC(CC)Nc1nc(C)c(-c2ccc(N(C)C)nc2C)nc1OC. The molecule has 136 valence electrons. The molecule has 2 aromatic heterocycles. The summed E-state index contributed by atoms with van der Waals surface area (Å²) in [6.45, 7) is 8.28. The molecule has 0 aliphatic rings. The molecule has 0 aliphatic carbocycles. The number of nitrogens with zero attached hydrogens (tertiary/aromatic N) is 4. The van der Waals surface area contributed by atoms with Crippen LogP contribution in [0.1, 0.15) is 38.1 Å². The minimum Gasteiger partial charge on any atom is -0.478 e. The van der Waals surface area contributed by atoms with E-state index in [0.717, 1.165) is 41.3 Å². The summed E-state index contributed by atoms with van der Waals surface area (Å²) in [6.07, 6.45) is 2.05. The van der Waals surface area contributed by atoms with Crippen molar-refractivity contribution in [3.05, 3.63) is 23.5 Å². The third-order valence-electron chi connectivity index (χ3n) is 4.34. The Labute approximate surface area is 150 Å². The van der Waals surface area contributed by atoms with Crippen LogP contribution in [0.3, 0.4) is 0 Å². The summed E-state index contributed by atoms with van der Waals surface area (Å²) in [4.78, 5) is 16.1. The maximum absolute atomic E-state index is 5.49. The van der Waals surface area contributed by atoms with Gasteiger partial charge in [-0.1, -0.05) is 13.8 Å². The van der Waals surface area contributed by atoms with Gasteiger partial charge in [-0.25, -0.2) is 15.0 Å². The zero-order valence-corrected chi connectivity index (χ0v) is 16.3. The number of hydrogen-bond acceptors (Lipinski definition) is 6. The van der Waals surface area contributed by atoms with Crippen LogP contribution >= 0.6 is 0 Å². The largest absolute Gasteiger partial charge is 0.478 e. The number of anilines is 2. The molecule has 0 aromatic carbocycles. The average Bonchev–Trinajstić information content (AvgIpc) is 2.60. The van der Waals surface area contributed by atoms with Gasteiger partial charge in [0.25, 0.3) is 5.88 Å². The van der Waals surface area contributed by atoms with Gasteiger partial charge < -0.3 is 15.0 Å². The molecule has 2 heterocycles. The van der Waals surface area contributed by atoms with Crippen molar-refractivity contribution < 1.29 is 4.74 Å². The first kappa shape index (κ1) is 19.0. The van der Waals surface area contributed by atoms with Crippen molar-refractivity contribution in [3.8, 4) is 17.1 Å². The van der Waals surface area contributed by atoms with Crippen molar-refractivity contribution >= 4 is 11.6 Å². The summed E-state index contributed by atoms with van der Waals surface area (Å²) in [5.74, 6) is 2.14. The molecule has 0 unspecified atom stereocenters. The Morgan fingerprint density at radius 2 is 1.72 bits per heavy atom. The smallest absolute Gasteiger partial charge is 0.257 e.